The third kappa shape index (κ3) is 5.48. The van der Waals surface area contributed by atoms with E-state index >= 15 is 0 Å². The number of hydrogen-bond donors (Lipinski definition) is 1. The van der Waals surface area contributed by atoms with Gasteiger partial charge in [-0.1, -0.05) is 30.3 Å². The Morgan fingerprint density at radius 2 is 2.00 bits per heavy atom. The summed E-state index contributed by atoms with van der Waals surface area (Å²) in [6.45, 7) is 4.11. The van der Waals surface area contributed by atoms with Crippen LogP contribution in [0.15, 0.2) is 30.3 Å². The van der Waals surface area contributed by atoms with Gasteiger partial charge in [-0.2, -0.15) is 5.26 Å². The molecule has 1 aromatic carbocycles. The van der Waals surface area contributed by atoms with Crippen LogP contribution in [0, 0.1) is 16.7 Å². The van der Waals surface area contributed by atoms with Gasteiger partial charge in [-0.05, 0) is 32.3 Å². The first-order chi connectivity index (χ1) is 8.03. The van der Waals surface area contributed by atoms with E-state index in [4.69, 9.17) is 10.00 Å². The molecule has 0 aliphatic carbocycles. The van der Waals surface area contributed by atoms with Crippen molar-refractivity contribution in [3.05, 3.63) is 35.9 Å². The SMILES string of the molecule is CC(C)(C#N)CCC(O)OCc1ccccc1. The molecule has 0 aliphatic heterocycles. The van der Waals surface area contributed by atoms with Crippen molar-refractivity contribution in [2.75, 3.05) is 0 Å². The van der Waals surface area contributed by atoms with Gasteiger partial charge in [-0.25, -0.2) is 0 Å². The summed E-state index contributed by atoms with van der Waals surface area (Å²) >= 11 is 0. The number of hydrogen-bond acceptors (Lipinski definition) is 3. The van der Waals surface area contributed by atoms with Crippen molar-refractivity contribution in [2.45, 2.75) is 39.6 Å². The summed E-state index contributed by atoms with van der Waals surface area (Å²) in [5.41, 5.74) is 0.628. The molecule has 1 N–H and O–H groups in total. The van der Waals surface area contributed by atoms with E-state index in [0.29, 0.717) is 19.4 Å². The lowest BCUT2D eigenvalue weighted by molar-refractivity contribution is -0.115. The van der Waals surface area contributed by atoms with Gasteiger partial charge in [0.2, 0.25) is 0 Å². The maximum Gasteiger partial charge on any atom is 0.155 e. The minimum absolute atomic E-state index is 0.398. The highest BCUT2D eigenvalue weighted by molar-refractivity contribution is 5.13. The van der Waals surface area contributed by atoms with Crippen LogP contribution in [0.25, 0.3) is 0 Å². The molecule has 92 valence electrons. The number of benzene rings is 1. The van der Waals surface area contributed by atoms with Crippen LogP contribution in [-0.4, -0.2) is 11.4 Å². The average Bonchev–Trinajstić information content (AvgIpc) is 2.35. The summed E-state index contributed by atoms with van der Waals surface area (Å²) in [6.07, 6.45) is 0.301. The molecule has 0 saturated carbocycles. The molecule has 3 heteroatoms. The Balaban J connectivity index is 2.27. The largest absolute Gasteiger partial charge is 0.368 e. The lowest BCUT2D eigenvalue weighted by atomic mass is 9.90. The first-order valence-corrected chi connectivity index (χ1v) is 5.78. The highest BCUT2D eigenvalue weighted by Crippen LogP contribution is 2.22. The Bertz CT molecular complexity index is 368. The molecule has 0 amide bonds. The second-order valence-corrected chi connectivity index (χ2v) is 4.79. The zero-order chi connectivity index (χ0) is 12.7. The Morgan fingerprint density at radius 1 is 1.35 bits per heavy atom. The molecule has 1 atom stereocenters. The highest BCUT2D eigenvalue weighted by Gasteiger charge is 2.18. The summed E-state index contributed by atoms with van der Waals surface area (Å²) in [5.74, 6) is 0. The number of nitrogens with zero attached hydrogens (tertiary/aromatic N) is 1. The van der Waals surface area contributed by atoms with E-state index in [-0.39, 0.29) is 0 Å². The van der Waals surface area contributed by atoms with Crippen molar-refractivity contribution in [3.8, 4) is 6.07 Å². The lowest BCUT2D eigenvalue weighted by Gasteiger charge is -2.18. The molecule has 0 saturated heterocycles. The third-order valence-corrected chi connectivity index (χ3v) is 2.60. The van der Waals surface area contributed by atoms with Gasteiger partial charge in [0.25, 0.3) is 0 Å². The standard InChI is InChI=1S/C14H19NO2/c1-14(2,11-15)9-8-13(16)17-10-12-6-4-3-5-7-12/h3-7,13,16H,8-10H2,1-2H3. The van der Waals surface area contributed by atoms with E-state index in [1.54, 1.807) is 0 Å². The zero-order valence-electron chi connectivity index (χ0n) is 10.4. The summed E-state index contributed by atoms with van der Waals surface area (Å²) in [5, 5.41) is 18.5. The van der Waals surface area contributed by atoms with Gasteiger partial charge in [0.15, 0.2) is 6.29 Å². The average molecular weight is 233 g/mol. The van der Waals surface area contributed by atoms with Crippen molar-refractivity contribution in [3.63, 3.8) is 0 Å². The van der Waals surface area contributed by atoms with Crippen LogP contribution in [0.4, 0.5) is 0 Å². The van der Waals surface area contributed by atoms with Gasteiger partial charge in [0.05, 0.1) is 18.1 Å². The van der Waals surface area contributed by atoms with E-state index in [9.17, 15) is 5.11 Å². The van der Waals surface area contributed by atoms with Crippen LogP contribution in [0.2, 0.25) is 0 Å². The van der Waals surface area contributed by atoms with Gasteiger partial charge in [0, 0.05) is 0 Å². The van der Waals surface area contributed by atoms with Gasteiger partial charge in [-0.15, -0.1) is 0 Å². The zero-order valence-corrected chi connectivity index (χ0v) is 10.4. The molecule has 0 spiro atoms. The minimum atomic E-state index is -0.803. The van der Waals surface area contributed by atoms with Crippen molar-refractivity contribution >= 4 is 0 Å². The molecular formula is C14H19NO2. The number of aliphatic hydroxyl groups excluding tert-OH is 1. The number of rotatable bonds is 6. The molecule has 0 aromatic heterocycles. The van der Waals surface area contributed by atoms with Crippen LogP contribution < -0.4 is 0 Å². The maximum atomic E-state index is 9.64. The molecule has 1 aromatic rings. The molecule has 0 bridgehead atoms. The predicted octanol–water partition coefficient (Wildman–Crippen LogP) is 2.85. The minimum Gasteiger partial charge on any atom is -0.368 e. The van der Waals surface area contributed by atoms with Gasteiger partial charge in [-0.3, -0.25) is 0 Å². The van der Waals surface area contributed by atoms with E-state index in [1.165, 1.54) is 0 Å². The molecule has 0 heterocycles. The fraction of sp³-hybridized carbons (Fsp3) is 0.500. The Morgan fingerprint density at radius 3 is 2.59 bits per heavy atom. The van der Waals surface area contributed by atoms with Crippen molar-refractivity contribution in [1.29, 1.82) is 5.26 Å². The second-order valence-electron chi connectivity index (χ2n) is 4.79. The van der Waals surface area contributed by atoms with Crippen LogP contribution in [0.5, 0.6) is 0 Å². The fourth-order valence-corrected chi connectivity index (χ4v) is 1.39. The van der Waals surface area contributed by atoms with E-state index < -0.39 is 11.7 Å². The summed E-state index contributed by atoms with van der Waals surface area (Å²) < 4.78 is 5.31. The number of nitriles is 1. The van der Waals surface area contributed by atoms with Crippen LogP contribution in [0.3, 0.4) is 0 Å². The van der Waals surface area contributed by atoms with Gasteiger partial charge in [0.1, 0.15) is 0 Å². The van der Waals surface area contributed by atoms with Crippen LogP contribution in [0.1, 0.15) is 32.3 Å². The maximum absolute atomic E-state index is 9.64. The monoisotopic (exact) mass is 233 g/mol. The lowest BCUT2D eigenvalue weighted by Crippen LogP contribution is -2.16. The fourth-order valence-electron chi connectivity index (χ4n) is 1.39. The second kappa shape index (κ2) is 6.39. The normalized spacial score (nSPS) is 13.1. The highest BCUT2D eigenvalue weighted by atomic mass is 16.6. The molecule has 0 radical (unpaired) electrons. The number of aliphatic hydroxyl groups is 1. The predicted molar refractivity (Wildman–Crippen MR) is 65.9 cm³/mol. The molecule has 17 heavy (non-hydrogen) atoms. The van der Waals surface area contributed by atoms with Crippen molar-refractivity contribution < 1.29 is 9.84 Å². The molecule has 0 aliphatic rings. The Labute approximate surface area is 103 Å². The Hall–Kier alpha value is -1.37. The Kier molecular flexibility index (Phi) is 5.14. The number of ether oxygens (including phenoxy) is 1. The molecular weight excluding hydrogens is 214 g/mol. The van der Waals surface area contributed by atoms with Gasteiger partial charge < -0.3 is 9.84 Å². The first-order valence-electron chi connectivity index (χ1n) is 5.78. The summed E-state index contributed by atoms with van der Waals surface area (Å²) in [4.78, 5) is 0. The third-order valence-electron chi connectivity index (χ3n) is 2.60. The quantitative estimate of drug-likeness (QED) is 0.769. The molecule has 1 rings (SSSR count). The van der Waals surface area contributed by atoms with E-state index in [2.05, 4.69) is 6.07 Å². The van der Waals surface area contributed by atoms with Crippen LogP contribution >= 0.6 is 0 Å². The van der Waals surface area contributed by atoms with Crippen LogP contribution in [-0.2, 0) is 11.3 Å². The van der Waals surface area contributed by atoms with Crippen molar-refractivity contribution in [1.82, 2.24) is 0 Å². The smallest absolute Gasteiger partial charge is 0.155 e. The molecule has 0 fully saturated rings. The van der Waals surface area contributed by atoms with E-state index in [1.807, 2.05) is 44.2 Å². The summed E-state index contributed by atoms with van der Waals surface area (Å²) in [6, 6.07) is 11.9. The van der Waals surface area contributed by atoms with Gasteiger partial charge >= 0.3 is 0 Å². The molecule has 3 nitrogen and oxygen atoms in total. The first kappa shape index (κ1) is 13.7. The summed E-state index contributed by atoms with van der Waals surface area (Å²) in [7, 11) is 0. The van der Waals surface area contributed by atoms with Crippen molar-refractivity contribution in [2.24, 2.45) is 5.41 Å². The van der Waals surface area contributed by atoms with E-state index in [0.717, 1.165) is 5.56 Å². The topological polar surface area (TPSA) is 53.2 Å². The molecule has 1 unspecified atom stereocenters.